The Morgan fingerprint density at radius 2 is 1.80 bits per heavy atom. The van der Waals surface area contributed by atoms with Gasteiger partial charge in [0, 0.05) is 24.7 Å². The van der Waals surface area contributed by atoms with Crippen LogP contribution in [0.5, 0.6) is 0 Å². The lowest BCUT2D eigenvalue weighted by Crippen LogP contribution is -2.24. The van der Waals surface area contributed by atoms with Crippen LogP contribution in [0.25, 0.3) is 0 Å². The topological polar surface area (TPSA) is 66.5 Å². The zero-order chi connectivity index (χ0) is 18.6. The number of amides is 1. The minimum atomic E-state index is -3.57. The van der Waals surface area contributed by atoms with E-state index in [1.807, 2.05) is 0 Å². The molecular weight excluding hydrogens is 363 g/mol. The summed E-state index contributed by atoms with van der Waals surface area (Å²) >= 11 is 1.29. The van der Waals surface area contributed by atoms with E-state index in [0.29, 0.717) is 5.69 Å². The highest BCUT2D eigenvalue weighted by molar-refractivity contribution is 8.00. The number of hydrogen-bond donors (Lipinski definition) is 1. The number of carbonyl (C=O) groups is 1. The Labute approximate surface area is 151 Å². The Morgan fingerprint density at radius 1 is 1.16 bits per heavy atom. The second-order valence-electron chi connectivity index (χ2n) is 5.52. The van der Waals surface area contributed by atoms with E-state index >= 15 is 0 Å². The smallest absolute Gasteiger partial charge is 0.242 e. The lowest BCUT2D eigenvalue weighted by atomic mass is 10.3. The normalized spacial score (nSPS) is 12.8. The molecule has 2 rings (SSSR count). The molecule has 0 radical (unpaired) electrons. The van der Waals surface area contributed by atoms with Gasteiger partial charge in [-0.2, -0.15) is 0 Å². The average molecular weight is 382 g/mol. The summed E-state index contributed by atoms with van der Waals surface area (Å²) in [6.07, 6.45) is 0. The molecule has 8 heteroatoms. The van der Waals surface area contributed by atoms with Crippen LogP contribution in [0.2, 0.25) is 0 Å². The molecule has 5 nitrogen and oxygen atoms in total. The van der Waals surface area contributed by atoms with E-state index in [1.165, 1.54) is 50.1 Å². The first-order chi connectivity index (χ1) is 11.7. The highest BCUT2D eigenvalue weighted by Crippen LogP contribution is 2.25. The monoisotopic (exact) mass is 382 g/mol. The molecule has 0 aromatic heterocycles. The van der Waals surface area contributed by atoms with Crippen LogP contribution in [0, 0.1) is 5.82 Å². The molecule has 0 aliphatic heterocycles. The lowest BCUT2D eigenvalue weighted by molar-refractivity contribution is -0.115. The van der Waals surface area contributed by atoms with E-state index in [4.69, 9.17) is 0 Å². The third kappa shape index (κ3) is 5.04. The molecule has 1 atom stereocenters. The Hall–Kier alpha value is -1.90. The second-order valence-corrected chi connectivity index (χ2v) is 9.08. The average Bonchev–Trinajstić information content (AvgIpc) is 2.57. The molecule has 2 aromatic carbocycles. The van der Waals surface area contributed by atoms with Crippen molar-refractivity contribution in [2.24, 2.45) is 0 Å². The third-order valence-electron chi connectivity index (χ3n) is 3.38. The van der Waals surface area contributed by atoms with Crippen molar-refractivity contribution in [3.05, 3.63) is 54.3 Å². The van der Waals surface area contributed by atoms with Crippen molar-refractivity contribution in [2.75, 3.05) is 19.4 Å². The number of nitrogens with zero attached hydrogens (tertiary/aromatic N) is 1. The van der Waals surface area contributed by atoms with E-state index in [-0.39, 0.29) is 16.6 Å². The second kappa shape index (κ2) is 7.99. The van der Waals surface area contributed by atoms with Crippen molar-refractivity contribution < 1.29 is 17.6 Å². The fourth-order valence-electron chi connectivity index (χ4n) is 1.96. The predicted molar refractivity (Wildman–Crippen MR) is 97.7 cm³/mol. The molecule has 0 heterocycles. The quantitative estimate of drug-likeness (QED) is 0.779. The van der Waals surface area contributed by atoms with Gasteiger partial charge in [-0.25, -0.2) is 17.1 Å². The highest BCUT2D eigenvalue weighted by Gasteiger charge is 2.19. The third-order valence-corrected chi connectivity index (χ3v) is 6.30. The van der Waals surface area contributed by atoms with Crippen molar-refractivity contribution >= 4 is 33.4 Å². The number of anilines is 1. The summed E-state index contributed by atoms with van der Waals surface area (Å²) in [4.78, 5) is 13.2. The maximum Gasteiger partial charge on any atom is 0.242 e. The molecular formula is C17H19FN2O3S2. The first-order valence-electron chi connectivity index (χ1n) is 7.46. The van der Waals surface area contributed by atoms with Crippen molar-refractivity contribution in [3.63, 3.8) is 0 Å². The van der Waals surface area contributed by atoms with Crippen molar-refractivity contribution in [3.8, 4) is 0 Å². The standard InChI is InChI=1S/C17H19FN2O3S2/c1-12(24-15-9-7-13(18)8-10-15)17(21)19-14-5-4-6-16(11-14)25(22,23)20(2)3/h4-12H,1-3H3,(H,19,21)/t12-/m0/s1. The van der Waals surface area contributed by atoms with Gasteiger partial charge in [0.15, 0.2) is 0 Å². The van der Waals surface area contributed by atoms with Gasteiger partial charge in [-0.15, -0.1) is 11.8 Å². The van der Waals surface area contributed by atoms with E-state index in [9.17, 15) is 17.6 Å². The minimum Gasteiger partial charge on any atom is -0.325 e. The molecule has 0 fully saturated rings. The van der Waals surface area contributed by atoms with Crippen LogP contribution in [0.3, 0.4) is 0 Å². The Bertz CT molecular complexity index is 852. The van der Waals surface area contributed by atoms with Gasteiger partial charge in [-0.1, -0.05) is 6.07 Å². The van der Waals surface area contributed by atoms with Crippen molar-refractivity contribution in [1.82, 2.24) is 4.31 Å². The molecule has 0 spiro atoms. The Morgan fingerprint density at radius 3 is 2.40 bits per heavy atom. The van der Waals surface area contributed by atoms with Crippen LogP contribution >= 0.6 is 11.8 Å². The van der Waals surface area contributed by atoms with Crippen LogP contribution in [0.4, 0.5) is 10.1 Å². The molecule has 0 saturated heterocycles. The number of benzene rings is 2. The van der Waals surface area contributed by atoms with Crippen molar-refractivity contribution in [1.29, 1.82) is 0 Å². The van der Waals surface area contributed by atoms with Gasteiger partial charge in [0.2, 0.25) is 15.9 Å². The first kappa shape index (κ1) is 19.4. The van der Waals surface area contributed by atoms with Gasteiger partial charge >= 0.3 is 0 Å². The maximum absolute atomic E-state index is 12.9. The summed E-state index contributed by atoms with van der Waals surface area (Å²) < 4.78 is 38.3. The zero-order valence-corrected chi connectivity index (χ0v) is 15.7. The fourth-order valence-corrected chi connectivity index (χ4v) is 3.78. The summed E-state index contributed by atoms with van der Waals surface area (Å²) in [6, 6.07) is 12.0. The van der Waals surface area contributed by atoms with Crippen LogP contribution < -0.4 is 5.32 Å². The summed E-state index contributed by atoms with van der Waals surface area (Å²) in [5.41, 5.74) is 0.402. The van der Waals surface area contributed by atoms with E-state index in [0.717, 1.165) is 9.20 Å². The molecule has 0 unspecified atom stereocenters. The number of rotatable bonds is 6. The van der Waals surface area contributed by atoms with Gasteiger partial charge in [-0.3, -0.25) is 4.79 Å². The highest BCUT2D eigenvalue weighted by atomic mass is 32.2. The Kier molecular flexibility index (Phi) is 6.21. The van der Waals surface area contributed by atoms with Crippen LogP contribution in [-0.2, 0) is 14.8 Å². The molecule has 0 aliphatic carbocycles. The SMILES string of the molecule is C[C@H](Sc1ccc(F)cc1)C(=O)Nc1cccc(S(=O)(=O)N(C)C)c1. The molecule has 0 bridgehead atoms. The van der Waals surface area contributed by atoms with Crippen molar-refractivity contribution in [2.45, 2.75) is 22.0 Å². The van der Waals surface area contributed by atoms with Gasteiger partial charge in [0.05, 0.1) is 10.1 Å². The number of halogens is 1. The van der Waals surface area contributed by atoms with Crippen LogP contribution in [0.1, 0.15) is 6.92 Å². The number of hydrogen-bond acceptors (Lipinski definition) is 4. The van der Waals surface area contributed by atoms with E-state index in [2.05, 4.69) is 5.32 Å². The molecule has 1 amide bonds. The predicted octanol–water partition coefficient (Wildman–Crippen LogP) is 3.20. The van der Waals surface area contributed by atoms with Gasteiger partial charge in [-0.05, 0) is 49.4 Å². The minimum absolute atomic E-state index is 0.106. The van der Waals surface area contributed by atoms with Crippen LogP contribution in [-0.4, -0.2) is 38.0 Å². The number of sulfonamides is 1. The van der Waals surface area contributed by atoms with E-state index < -0.39 is 15.3 Å². The van der Waals surface area contributed by atoms with E-state index in [1.54, 1.807) is 31.2 Å². The number of thioether (sulfide) groups is 1. The van der Waals surface area contributed by atoms with Gasteiger partial charge in [0.1, 0.15) is 5.82 Å². The molecule has 2 aromatic rings. The number of carbonyl (C=O) groups excluding carboxylic acids is 1. The number of nitrogens with one attached hydrogen (secondary N) is 1. The largest absolute Gasteiger partial charge is 0.325 e. The lowest BCUT2D eigenvalue weighted by Gasteiger charge is -2.14. The first-order valence-corrected chi connectivity index (χ1v) is 9.78. The Balaban J connectivity index is 2.08. The van der Waals surface area contributed by atoms with Crippen LogP contribution in [0.15, 0.2) is 58.3 Å². The fraction of sp³-hybridized carbons (Fsp3) is 0.235. The summed E-state index contributed by atoms with van der Waals surface area (Å²) in [5, 5.41) is 2.28. The van der Waals surface area contributed by atoms with Gasteiger partial charge in [0.25, 0.3) is 0 Å². The zero-order valence-electron chi connectivity index (χ0n) is 14.1. The summed E-state index contributed by atoms with van der Waals surface area (Å²) in [7, 11) is -0.674. The molecule has 0 saturated carbocycles. The molecule has 134 valence electrons. The molecule has 1 N–H and O–H groups in total. The molecule has 0 aliphatic rings. The maximum atomic E-state index is 12.9. The summed E-state index contributed by atoms with van der Waals surface area (Å²) in [5.74, 6) is -0.603. The summed E-state index contributed by atoms with van der Waals surface area (Å²) in [6.45, 7) is 1.73. The van der Waals surface area contributed by atoms with Gasteiger partial charge < -0.3 is 5.32 Å². The molecule has 25 heavy (non-hydrogen) atoms.